The molecule has 108 valence electrons. The van der Waals surface area contributed by atoms with Crippen LogP contribution in [0.25, 0.3) is 0 Å². The molecule has 1 saturated carbocycles. The number of benzene rings is 1. The number of aliphatic carboxylic acids is 1. The number of carbonyl (C=O) groups excluding carboxylic acids is 1. The third kappa shape index (κ3) is 2.48. The molecular weight excluding hydrogens is 256 g/mol. The van der Waals surface area contributed by atoms with Crippen LogP contribution in [0, 0.1) is 13.8 Å². The predicted molar refractivity (Wildman–Crippen MR) is 77.1 cm³/mol. The highest BCUT2D eigenvalue weighted by Gasteiger charge is 2.46. The number of nitrogens with zero attached hydrogens (tertiary/aromatic N) is 1. The molecule has 0 saturated heterocycles. The fourth-order valence-corrected chi connectivity index (χ4v) is 2.50. The van der Waals surface area contributed by atoms with Crippen molar-refractivity contribution in [3.05, 3.63) is 29.3 Å². The van der Waals surface area contributed by atoms with Crippen LogP contribution >= 0.6 is 0 Å². The summed E-state index contributed by atoms with van der Waals surface area (Å²) in [7, 11) is 1.65. The maximum absolute atomic E-state index is 12.2. The Labute approximate surface area is 118 Å². The number of aryl methyl sites for hydroxylation is 2. The van der Waals surface area contributed by atoms with Gasteiger partial charge in [-0.15, -0.1) is 0 Å². The van der Waals surface area contributed by atoms with Crippen molar-refractivity contribution < 1.29 is 14.7 Å². The van der Waals surface area contributed by atoms with Crippen molar-refractivity contribution >= 4 is 17.7 Å². The molecule has 5 nitrogen and oxygen atoms in total. The van der Waals surface area contributed by atoms with E-state index in [2.05, 4.69) is 5.32 Å². The van der Waals surface area contributed by atoms with Gasteiger partial charge in [-0.3, -0.25) is 4.90 Å². The van der Waals surface area contributed by atoms with E-state index >= 15 is 0 Å². The van der Waals surface area contributed by atoms with Gasteiger partial charge in [-0.25, -0.2) is 9.59 Å². The number of carboxylic acid groups (broad SMARTS) is 1. The summed E-state index contributed by atoms with van der Waals surface area (Å²) in [5, 5.41) is 11.9. The molecule has 0 heterocycles. The number of rotatable bonds is 3. The minimum Gasteiger partial charge on any atom is -0.480 e. The third-order valence-corrected chi connectivity index (χ3v) is 3.98. The number of carboxylic acids is 1. The van der Waals surface area contributed by atoms with E-state index in [1.807, 2.05) is 32.0 Å². The lowest BCUT2D eigenvalue weighted by Gasteiger charge is -2.39. The number of nitrogens with one attached hydrogen (secondary N) is 1. The highest BCUT2D eigenvalue weighted by molar-refractivity contribution is 5.96. The maximum atomic E-state index is 12.2. The van der Waals surface area contributed by atoms with Crippen molar-refractivity contribution in [3.8, 4) is 0 Å². The van der Waals surface area contributed by atoms with Gasteiger partial charge in [0.1, 0.15) is 5.54 Å². The average molecular weight is 276 g/mol. The van der Waals surface area contributed by atoms with E-state index in [-0.39, 0.29) is 6.03 Å². The van der Waals surface area contributed by atoms with E-state index < -0.39 is 11.5 Å². The summed E-state index contributed by atoms with van der Waals surface area (Å²) < 4.78 is 0. The number of amides is 2. The lowest BCUT2D eigenvalue weighted by atomic mass is 9.77. The number of anilines is 1. The third-order valence-electron chi connectivity index (χ3n) is 3.98. The molecule has 2 rings (SSSR count). The van der Waals surface area contributed by atoms with Crippen LogP contribution in [0.3, 0.4) is 0 Å². The molecule has 1 fully saturated rings. The van der Waals surface area contributed by atoms with Crippen LogP contribution in [-0.2, 0) is 4.79 Å². The molecule has 5 heteroatoms. The van der Waals surface area contributed by atoms with E-state index in [0.717, 1.165) is 23.2 Å². The number of hydrogen-bond donors (Lipinski definition) is 2. The second kappa shape index (κ2) is 5.15. The van der Waals surface area contributed by atoms with Crippen LogP contribution in [0.2, 0.25) is 0 Å². The molecule has 0 spiro atoms. The molecule has 1 aromatic rings. The lowest BCUT2D eigenvalue weighted by molar-refractivity contribution is -0.148. The minimum atomic E-state index is -1.08. The van der Waals surface area contributed by atoms with Gasteiger partial charge in [-0.2, -0.15) is 0 Å². The van der Waals surface area contributed by atoms with Gasteiger partial charge in [0.15, 0.2) is 0 Å². The second-order valence-corrected chi connectivity index (χ2v) is 5.52. The summed E-state index contributed by atoms with van der Waals surface area (Å²) in [6.07, 6.45) is 1.82. The van der Waals surface area contributed by atoms with Crippen LogP contribution in [0.1, 0.15) is 30.4 Å². The van der Waals surface area contributed by atoms with Crippen molar-refractivity contribution in [1.29, 1.82) is 0 Å². The van der Waals surface area contributed by atoms with Crippen molar-refractivity contribution in [2.75, 3.05) is 11.9 Å². The van der Waals surface area contributed by atoms with Crippen LogP contribution in [0.5, 0.6) is 0 Å². The Morgan fingerprint density at radius 3 is 2.40 bits per heavy atom. The van der Waals surface area contributed by atoms with Crippen molar-refractivity contribution in [3.63, 3.8) is 0 Å². The first-order chi connectivity index (χ1) is 9.35. The first-order valence-electron chi connectivity index (χ1n) is 6.72. The molecule has 0 aromatic heterocycles. The largest absolute Gasteiger partial charge is 0.480 e. The fraction of sp³-hybridized carbons (Fsp3) is 0.467. The summed E-state index contributed by atoms with van der Waals surface area (Å²) >= 11 is 0. The molecule has 1 aromatic carbocycles. The monoisotopic (exact) mass is 276 g/mol. The molecule has 0 atom stereocenters. The fourth-order valence-electron chi connectivity index (χ4n) is 2.50. The Bertz CT molecular complexity index is 550. The summed E-state index contributed by atoms with van der Waals surface area (Å²) in [5.41, 5.74) is 1.82. The highest BCUT2D eigenvalue weighted by atomic mass is 16.4. The Morgan fingerprint density at radius 1 is 1.30 bits per heavy atom. The number of hydrogen-bond acceptors (Lipinski definition) is 2. The molecule has 0 unspecified atom stereocenters. The molecule has 0 radical (unpaired) electrons. The van der Waals surface area contributed by atoms with E-state index in [4.69, 9.17) is 0 Å². The van der Waals surface area contributed by atoms with Gasteiger partial charge in [-0.05, 0) is 44.7 Å². The normalized spacial score (nSPS) is 16.1. The number of urea groups is 1. The molecule has 2 N–H and O–H groups in total. The van der Waals surface area contributed by atoms with Crippen LogP contribution < -0.4 is 10.2 Å². The molecule has 0 aliphatic heterocycles. The lowest BCUT2D eigenvalue weighted by Crippen LogP contribution is -2.61. The van der Waals surface area contributed by atoms with Crippen molar-refractivity contribution in [1.82, 2.24) is 5.32 Å². The van der Waals surface area contributed by atoms with E-state index in [1.165, 1.54) is 4.90 Å². The predicted octanol–water partition coefficient (Wildman–Crippen LogP) is 2.46. The van der Waals surface area contributed by atoms with Gasteiger partial charge in [0, 0.05) is 12.7 Å². The summed E-state index contributed by atoms with van der Waals surface area (Å²) in [6.45, 7) is 3.92. The van der Waals surface area contributed by atoms with Gasteiger partial charge in [0.2, 0.25) is 0 Å². The summed E-state index contributed by atoms with van der Waals surface area (Å²) in [6, 6.07) is 5.43. The van der Waals surface area contributed by atoms with Crippen LogP contribution in [0.4, 0.5) is 10.5 Å². The Balaban J connectivity index is 2.14. The Morgan fingerprint density at radius 2 is 1.95 bits per heavy atom. The van der Waals surface area contributed by atoms with E-state index in [0.29, 0.717) is 12.8 Å². The zero-order valence-electron chi connectivity index (χ0n) is 12.1. The summed E-state index contributed by atoms with van der Waals surface area (Å²) in [5.74, 6) is -0.953. The second-order valence-electron chi connectivity index (χ2n) is 5.52. The minimum absolute atomic E-state index is 0.376. The first kappa shape index (κ1) is 14.4. The van der Waals surface area contributed by atoms with Crippen LogP contribution in [-0.4, -0.2) is 29.7 Å². The van der Waals surface area contributed by atoms with Gasteiger partial charge >= 0.3 is 12.0 Å². The van der Waals surface area contributed by atoms with E-state index in [9.17, 15) is 14.7 Å². The summed E-state index contributed by atoms with van der Waals surface area (Å²) in [4.78, 5) is 25.0. The van der Waals surface area contributed by atoms with Gasteiger partial charge < -0.3 is 10.4 Å². The van der Waals surface area contributed by atoms with E-state index in [1.54, 1.807) is 7.05 Å². The molecule has 2 amide bonds. The van der Waals surface area contributed by atoms with Gasteiger partial charge in [-0.1, -0.05) is 17.7 Å². The Kier molecular flexibility index (Phi) is 3.70. The molecular formula is C15H20N2O3. The highest BCUT2D eigenvalue weighted by Crippen LogP contribution is 2.32. The van der Waals surface area contributed by atoms with Crippen molar-refractivity contribution in [2.45, 2.75) is 38.6 Å². The zero-order chi connectivity index (χ0) is 14.9. The molecule has 1 aliphatic rings. The Hall–Kier alpha value is -2.04. The molecule has 1 aliphatic carbocycles. The topological polar surface area (TPSA) is 69.6 Å². The van der Waals surface area contributed by atoms with Gasteiger partial charge in [0.05, 0.1) is 0 Å². The zero-order valence-corrected chi connectivity index (χ0v) is 12.1. The van der Waals surface area contributed by atoms with Crippen LogP contribution in [0.15, 0.2) is 18.2 Å². The smallest absolute Gasteiger partial charge is 0.329 e. The average Bonchev–Trinajstić information content (AvgIpc) is 2.32. The molecule has 0 bridgehead atoms. The van der Waals surface area contributed by atoms with Gasteiger partial charge in [0.25, 0.3) is 0 Å². The maximum Gasteiger partial charge on any atom is 0.329 e. The molecule has 20 heavy (non-hydrogen) atoms. The SMILES string of the molecule is Cc1ccc(N(C)C(=O)NC2(C(=O)O)CCC2)c(C)c1. The quantitative estimate of drug-likeness (QED) is 0.891. The standard InChI is InChI=1S/C15H20N2O3/c1-10-5-6-12(11(2)9-10)17(3)14(20)16-15(13(18)19)7-4-8-15/h5-6,9H,4,7-8H2,1-3H3,(H,16,20)(H,18,19). The van der Waals surface area contributed by atoms with Crippen molar-refractivity contribution in [2.24, 2.45) is 0 Å². The first-order valence-corrected chi connectivity index (χ1v) is 6.72. The number of carbonyl (C=O) groups is 2.